The van der Waals surface area contributed by atoms with Crippen molar-refractivity contribution in [2.45, 2.75) is 39.3 Å². The van der Waals surface area contributed by atoms with E-state index in [1.807, 2.05) is 26.8 Å². The number of nitrogens with one attached hydrogen (secondary N) is 1. The van der Waals surface area contributed by atoms with Gasteiger partial charge in [-0.2, -0.15) is 0 Å². The number of anilines is 1. The van der Waals surface area contributed by atoms with Crippen molar-refractivity contribution in [2.24, 2.45) is 5.41 Å². The molecule has 4 heteroatoms. The molecule has 2 unspecified atom stereocenters. The molecule has 2 rings (SSSR count). The zero-order valence-corrected chi connectivity index (χ0v) is 11.0. The van der Waals surface area contributed by atoms with Gasteiger partial charge >= 0.3 is 0 Å². The van der Waals surface area contributed by atoms with Gasteiger partial charge in [0.05, 0.1) is 11.7 Å². The minimum atomic E-state index is -0.349. The maximum atomic E-state index is 12.1. The number of aryl methyl sites for hydroxylation is 1. The number of hydrogen-bond acceptors (Lipinski definition) is 3. The van der Waals surface area contributed by atoms with Crippen LogP contribution in [-0.4, -0.2) is 23.2 Å². The van der Waals surface area contributed by atoms with Crippen molar-refractivity contribution in [3.63, 3.8) is 0 Å². The number of benzene rings is 1. The van der Waals surface area contributed by atoms with Crippen LogP contribution in [0.3, 0.4) is 0 Å². The van der Waals surface area contributed by atoms with E-state index in [4.69, 9.17) is 5.73 Å². The zero-order valence-electron chi connectivity index (χ0n) is 11.0. The lowest BCUT2D eigenvalue weighted by Crippen LogP contribution is -2.61. The van der Waals surface area contributed by atoms with E-state index in [1.54, 1.807) is 12.1 Å². The van der Waals surface area contributed by atoms with Crippen LogP contribution in [0.4, 0.5) is 5.69 Å². The van der Waals surface area contributed by atoms with Gasteiger partial charge in [0.25, 0.3) is 5.91 Å². The molecule has 1 amide bonds. The largest absolute Gasteiger partial charge is 0.398 e. The van der Waals surface area contributed by atoms with Gasteiger partial charge in [0.2, 0.25) is 0 Å². The fraction of sp³-hybridized carbons (Fsp3) is 0.500. The van der Waals surface area contributed by atoms with Gasteiger partial charge in [-0.1, -0.05) is 25.5 Å². The summed E-state index contributed by atoms with van der Waals surface area (Å²) in [7, 11) is 0. The molecule has 0 bridgehead atoms. The Bertz CT molecular complexity index is 483. The van der Waals surface area contributed by atoms with Crippen molar-refractivity contribution in [1.82, 2.24) is 5.32 Å². The second-order valence-corrected chi connectivity index (χ2v) is 5.69. The van der Waals surface area contributed by atoms with Crippen molar-refractivity contribution in [2.75, 3.05) is 5.73 Å². The van der Waals surface area contributed by atoms with Crippen molar-refractivity contribution in [3.8, 4) is 0 Å². The topological polar surface area (TPSA) is 75.4 Å². The number of nitrogens with two attached hydrogens (primary N) is 1. The minimum Gasteiger partial charge on any atom is -0.398 e. The van der Waals surface area contributed by atoms with Gasteiger partial charge in [0, 0.05) is 17.1 Å². The summed E-state index contributed by atoms with van der Waals surface area (Å²) in [6, 6.07) is 5.40. The molecule has 1 aliphatic carbocycles. The molecule has 0 saturated heterocycles. The number of nitrogen functional groups attached to an aromatic ring is 1. The van der Waals surface area contributed by atoms with E-state index in [0.717, 1.165) is 5.56 Å². The first-order chi connectivity index (χ1) is 8.32. The van der Waals surface area contributed by atoms with E-state index in [-0.39, 0.29) is 23.5 Å². The Labute approximate surface area is 107 Å². The molecular formula is C14H20N2O2. The Morgan fingerprint density at radius 3 is 2.72 bits per heavy atom. The molecule has 18 heavy (non-hydrogen) atoms. The third-order valence-corrected chi connectivity index (χ3v) is 3.97. The quantitative estimate of drug-likeness (QED) is 0.694. The average molecular weight is 248 g/mol. The van der Waals surface area contributed by atoms with Gasteiger partial charge in [0.15, 0.2) is 0 Å². The SMILES string of the molecule is Cc1ccc(N)c(C(=O)NC2CC(O)C2(C)C)c1. The lowest BCUT2D eigenvalue weighted by Gasteiger charge is -2.49. The van der Waals surface area contributed by atoms with E-state index < -0.39 is 0 Å². The predicted molar refractivity (Wildman–Crippen MR) is 71.3 cm³/mol. The van der Waals surface area contributed by atoms with Crippen molar-refractivity contribution in [1.29, 1.82) is 0 Å². The molecule has 1 saturated carbocycles. The summed E-state index contributed by atoms with van der Waals surface area (Å²) in [6.45, 7) is 5.82. The number of carbonyl (C=O) groups excluding carboxylic acids is 1. The third-order valence-electron chi connectivity index (χ3n) is 3.97. The summed E-state index contributed by atoms with van der Waals surface area (Å²) in [6.07, 6.45) is 0.252. The highest BCUT2D eigenvalue weighted by Gasteiger charge is 2.48. The fourth-order valence-electron chi connectivity index (χ4n) is 2.25. The van der Waals surface area contributed by atoms with Gasteiger partial charge in [-0.25, -0.2) is 0 Å². The van der Waals surface area contributed by atoms with Crippen LogP contribution in [0.5, 0.6) is 0 Å². The van der Waals surface area contributed by atoms with Crippen LogP contribution >= 0.6 is 0 Å². The van der Waals surface area contributed by atoms with Crippen molar-refractivity contribution >= 4 is 11.6 Å². The average Bonchev–Trinajstić information content (AvgIpc) is 2.31. The molecule has 1 aromatic rings. The summed E-state index contributed by atoms with van der Waals surface area (Å²) in [5, 5.41) is 12.6. The second kappa shape index (κ2) is 4.28. The number of rotatable bonds is 2. The summed E-state index contributed by atoms with van der Waals surface area (Å²) >= 11 is 0. The van der Waals surface area contributed by atoms with Gasteiger partial charge in [-0.05, 0) is 25.5 Å². The van der Waals surface area contributed by atoms with Crippen molar-refractivity contribution in [3.05, 3.63) is 29.3 Å². The van der Waals surface area contributed by atoms with E-state index in [2.05, 4.69) is 5.32 Å². The normalized spacial score (nSPS) is 25.3. The maximum Gasteiger partial charge on any atom is 0.253 e. The highest BCUT2D eigenvalue weighted by molar-refractivity contribution is 5.99. The monoisotopic (exact) mass is 248 g/mol. The maximum absolute atomic E-state index is 12.1. The van der Waals surface area contributed by atoms with Crippen LogP contribution in [0.2, 0.25) is 0 Å². The minimum absolute atomic E-state index is 0.0000813. The first-order valence-electron chi connectivity index (χ1n) is 6.17. The number of aliphatic hydroxyl groups is 1. The molecule has 1 aliphatic rings. The van der Waals surface area contributed by atoms with Crippen LogP contribution in [0.25, 0.3) is 0 Å². The third kappa shape index (κ3) is 2.08. The molecule has 1 fully saturated rings. The van der Waals surface area contributed by atoms with Gasteiger partial charge < -0.3 is 16.2 Å². The zero-order chi connectivity index (χ0) is 13.5. The van der Waals surface area contributed by atoms with E-state index in [0.29, 0.717) is 17.7 Å². The predicted octanol–water partition coefficient (Wildman–Crippen LogP) is 1.47. The Kier molecular flexibility index (Phi) is 3.07. The first kappa shape index (κ1) is 12.9. The lowest BCUT2D eigenvalue weighted by atomic mass is 9.64. The van der Waals surface area contributed by atoms with Crippen LogP contribution in [0.1, 0.15) is 36.2 Å². The highest BCUT2D eigenvalue weighted by atomic mass is 16.3. The standard InChI is InChI=1S/C14H20N2O2/c1-8-4-5-10(15)9(6-8)13(18)16-11-7-12(17)14(11,2)3/h4-6,11-12,17H,7,15H2,1-3H3,(H,16,18). The first-order valence-corrected chi connectivity index (χ1v) is 6.17. The Balaban J connectivity index is 2.12. The smallest absolute Gasteiger partial charge is 0.253 e. The molecule has 0 radical (unpaired) electrons. The van der Waals surface area contributed by atoms with E-state index in [9.17, 15) is 9.90 Å². The van der Waals surface area contributed by atoms with Crippen LogP contribution < -0.4 is 11.1 Å². The summed E-state index contributed by atoms with van der Waals surface area (Å²) < 4.78 is 0. The lowest BCUT2D eigenvalue weighted by molar-refractivity contribution is -0.0689. The van der Waals surface area contributed by atoms with Gasteiger partial charge in [-0.15, -0.1) is 0 Å². The van der Waals surface area contributed by atoms with Crippen molar-refractivity contribution < 1.29 is 9.90 Å². The molecule has 0 aliphatic heterocycles. The molecule has 0 spiro atoms. The number of carbonyl (C=O) groups is 1. The summed E-state index contributed by atoms with van der Waals surface area (Å²) in [5.74, 6) is -0.166. The molecule has 1 aromatic carbocycles. The molecule has 4 N–H and O–H groups in total. The Hall–Kier alpha value is -1.55. The molecular weight excluding hydrogens is 228 g/mol. The molecule has 0 aromatic heterocycles. The van der Waals surface area contributed by atoms with Gasteiger partial charge in [-0.3, -0.25) is 4.79 Å². The van der Waals surface area contributed by atoms with Crippen LogP contribution in [0, 0.1) is 12.3 Å². The number of aliphatic hydroxyl groups excluding tert-OH is 1. The molecule has 2 atom stereocenters. The van der Waals surface area contributed by atoms with Crippen LogP contribution in [-0.2, 0) is 0 Å². The molecule has 98 valence electrons. The molecule has 0 heterocycles. The number of hydrogen-bond donors (Lipinski definition) is 3. The number of amides is 1. The van der Waals surface area contributed by atoms with E-state index >= 15 is 0 Å². The second-order valence-electron chi connectivity index (χ2n) is 5.69. The summed E-state index contributed by atoms with van der Waals surface area (Å²) in [5.41, 5.74) is 7.53. The van der Waals surface area contributed by atoms with Crippen LogP contribution in [0.15, 0.2) is 18.2 Å². The fourth-order valence-corrected chi connectivity index (χ4v) is 2.25. The Morgan fingerprint density at radius 1 is 1.50 bits per heavy atom. The highest BCUT2D eigenvalue weighted by Crippen LogP contribution is 2.40. The Morgan fingerprint density at radius 2 is 2.17 bits per heavy atom. The van der Waals surface area contributed by atoms with E-state index in [1.165, 1.54) is 0 Å². The molecule has 4 nitrogen and oxygen atoms in total. The van der Waals surface area contributed by atoms with Gasteiger partial charge in [0.1, 0.15) is 0 Å². The summed E-state index contributed by atoms with van der Waals surface area (Å²) in [4.78, 5) is 12.1.